The molecule has 0 bridgehead atoms. The Morgan fingerprint density at radius 2 is 2.16 bits per heavy atom. The third kappa shape index (κ3) is 4.58. The molecule has 1 saturated carbocycles. The highest BCUT2D eigenvalue weighted by atomic mass is 32.1. The number of ether oxygens (including phenoxy) is 1. The van der Waals surface area contributed by atoms with Crippen LogP contribution in [0.3, 0.4) is 0 Å². The first kappa shape index (κ1) is 15.0. The number of hydrogen-bond acceptors (Lipinski definition) is 2. The van der Waals surface area contributed by atoms with Crippen molar-refractivity contribution in [2.24, 2.45) is 0 Å². The predicted octanol–water partition coefficient (Wildman–Crippen LogP) is 0.736. The summed E-state index contributed by atoms with van der Waals surface area (Å²) in [5, 5.41) is 4.33. The van der Waals surface area contributed by atoms with Crippen LogP contribution in [0.1, 0.15) is 45.4 Å². The molecule has 1 aliphatic carbocycles. The molecule has 110 valence electrons. The topological polar surface area (TPSA) is 28.9 Å². The summed E-state index contributed by atoms with van der Waals surface area (Å²) < 4.78 is 5.41. The predicted molar refractivity (Wildman–Crippen MR) is 81.1 cm³/mol. The van der Waals surface area contributed by atoms with Crippen molar-refractivity contribution >= 4 is 17.3 Å². The summed E-state index contributed by atoms with van der Waals surface area (Å²) in [6.07, 6.45) is 8.07. The molecule has 1 saturated heterocycles. The summed E-state index contributed by atoms with van der Waals surface area (Å²) in [6.45, 7) is 6.79. The van der Waals surface area contributed by atoms with Crippen LogP contribution in [0.25, 0.3) is 0 Å². The quantitative estimate of drug-likeness (QED) is 0.556. The Kier molecular flexibility index (Phi) is 6.34. The van der Waals surface area contributed by atoms with E-state index in [0.717, 1.165) is 50.7 Å². The highest BCUT2D eigenvalue weighted by molar-refractivity contribution is 7.80. The molecule has 4 nitrogen and oxygen atoms in total. The van der Waals surface area contributed by atoms with Gasteiger partial charge in [0.2, 0.25) is 0 Å². The Labute approximate surface area is 122 Å². The van der Waals surface area contributed by atoms with Gasteiger partial charge >= 0.3 is 0 Å². The molecule has 2 aliphatic rings. The number of nitrogens with zero attached hydrogens (tertiary/aromatic N) is 1. The maximum Gasteiger partial charge on any atom is 0.177 e. The third-order valence-corrected chi connectivity index (χ3v) is 4.65. The van der Waals surface area contributed by atoms with Crippen molar-refractivity contribution in [2.45, 2.75) is 51.5 Å². The first-order valence-corrected chi connectivity index (χ1v) is 8.17. The van der Waals surface area contributed by atoms with Crippen molar-refractivity contribution in [1.29, 1.82) is 0 Å². The summed E-state index contributed by atoms with van der Waals surface area (Å²) in [5.74, 6) is 0. The van der Waals surface area contributed by atoms with Gasteiger partial charge in [0.1, 0.15) is 0 Å². The molecule has 1 atom stereocenters. The first-order valence-electron chi connectivity index (χ1n) is 7.76. The molecule has 2 rings (SSSR count). The summed E-state index contributed by atoms with van der Waals surface area (Å²) >= 11 is 5.42. The Balaban J connectivity index is 1.76. The van der Waals surface area contributed by atoms with E-state index in [9.17, 15) is 0 Å². The van der Waals surface area contributed by atoms with Crippen molar-refractivity contribution in [1.82, 2.24) is 10.2 Å². The van der Waals surface area contributed by atoms with Crippen LogP contribution in [0.4, 0.5) is 0 Å². The molecule has 0 aromatic heterocycles. The lowest BCUT2D eigenvalue weighted by Crippen LogP contribution is -3.20. The van der Waals surface area contributed by atoms with E-state index in [0.29, 0.717) is 0 Å². The van der Waals surface area contributed by atoms with E-state index in [1.807, 2.05) is 6.92 Å². The van der Waals surface area contributed by atoms with Crippen LogP contribution >= 0.6 is 12.2 Å². The molecular weight excluding hydrogens is 258 g/mol. The second-order valence-corrected chi connectivity index (χ2v) is 6.01. The third-order valence-electron chi connectivity index (χ3n) is 4.25. The average molecular weight is 286 g/mol. The Hall–Kier alpha value is -0.390. The second-order valence-electron chi connectivity index (χ2n) is 5.62. The van der Waals surface area contributed by atoms with Gasteiger partial charge in [-0.1, -0.05) is 6.42 Å². The van der Waals surface area contributed by atoms with E-state index in [1.165, 1.54) is 32.1 Å². The Morgan fingerprint density at radius 1 is 1.37 bits per heavy atom. The fourth-order valence-electron chi connectivity index (χ4n) is 3.14. The maximum absolute atomic E-state index is 5.42. The van der Waals surface area contributed by atoms with Gasteiger partial charge in [-0.15, -0.1) is 0 Å². The van der Waals surface area contributed by atoms with Gasteiger partial charge in [0.05, 0.1) is 6.04 Å². The number of thiocarbonyl (C=S) groups is 1. The zero-order valence-corrected chi connectivity index (χ0v) is 12.9. The molecule has 0 spiro atoms. The molecule has 0 amide bonds. The summed E-state index contributed by atoms with van der Waals surface area (Å²) in [6, 6.07) is 0.832. The van der Waals surface area contributed by atoms with Crippen molar-refractivity contribution in [3.63, 3.8) is 0 Å². The molecule has 1 aliphatic heterocycles. The van der Waals surface area contributed by atoms with Gasteiger partial charge in [-0.3, -0.25) is 4.90 Å². The van der Waals surface area contributed by atoms with E-state index in [-0.39, 0.29) is 0 Å². The lowest BCUT2D eigenvalue weighted by atomic mass is 9.94. The highest BCUT2D eigenvalue weighted by Crippen LogP contribution is 2.15. The van der Waals surface area contributed by atoms with E-state index >= 15 is 0 Å². The lowest BCUT2D eigenvalue weighted by Gasteiger charge is -2.40. The fourth-order valence-corrected chi connectivity index (χ4v) is 3.37. The molecule has 0 radical (unpaired) electrons. The largest absolute Gasteiger partial charge is 0.382 e. The minimum Gasteiger partial charge on any atom is -0.382 e. The van der Waals surface area contributed by atoms with Crippen molar-refractivity contribution in [3.05, 3.63) is 0 Å². The number of rotatable bonds is 6. The van der Waals surface area contributed by atoms with Crippen molar-refractivity contribution in [2.75, 3.05) is 33.1 Å². The van der Waals surface area contributed by atoms with Crippen LogP contribution in [0.5, 0.6) is 0 Å². The molecule has 19 heavy (non-hydrogen) atoms. The minimum atomic E-state index is 0.808. The molecule has 1 unspecified atom stereocenters. The fraction of sp³-hybridized carbons (Fsp3) is 0.929. The molecular formula is C14H28N3OS+. The highest BCUT2D eigenvalue weighted by Gasteiger charge is 2.30. The van der Waals surface area contributed by atoms with Gasteiger partial charge in [0, 0.05) is 19.8 Å². The number of hydrogen-bond donors (Lipinski definition) is 2. The first-order chi connectivity index (χ1) is 9.31. The molecule has 1 heterocycles. The number of nitrogens with one attached hydrogen (secondary N) is 2. The summed E-state index contributed by atoms with van der Waals surface area (Å²) in [4.78, 5) is 3.99. The smallest absolute Gasteiger partial charge is 0.177 e. The van der Waals surface area contributed by atoms with E-state index in [2.05, 4.69) is 10.2 Å². The molecule has 5 heteroatoms. The molecule has 0 aromatic carbocycles. The van der Waals surface area contributed by atoms with Crippen molar-refractivity contribution < 1.29 is 9.64 Å². The number of quaternary nitrogens is 1. The minimum absolute atomic E-state index is 0.808. The van der Waals surface area contributed by atoms with Crippen LogP contribution in [0.2, 0.25) is 0 Å². The van der Waals surface area contributed by atoms with Crippen LogP contribution in [-0.4, -0.2) is 49.2 Å². The molecule has 2 fully saturated rings. The summed E-state index contributed by atoms with van der Waals surface area (Å²) in [5.41, 5.74) is 0. The average Bonchev–Trinajstić information content (AvgIpc) is 2.46. The van der Waals surface area contributed by atoms with Crippen LogP contribution in [-0.2, 0) is 4.74 Å². The van der Waals surface area contributed by atoms with Gasteiger partial charge in [-0.25, -0.2) is 0 Å². The van der Waals surface area contributed by atoms with Crippen LogP contribution in [0.15, 0.2) is 0 Å². The normalized spacial score (nSPS) is 25.4. The van der Waals surface area contributed by atoms with Crippen LogP contribution in [0, 0.1) is 0 Å². The van der Waals surface area contributed by atoms with Crippen LogP contribution < -0.4 is 10.2 Å². The zero-order chi connectivity index (χ0) is 13.5. The van der Waals surface area contributed by atoms with E-state index in [4.69, 9.17) is 17.0 Å². The monoisotopic (exact) mass is 286 g/mol. The van der Waals surface area contributed by atoms with Gasteiger partial charge in [-0.05, 0) is 51.2 Å². The Bertz CT molecular complexity index is 282. The second kappa shape index (κ2) is 8.02. The van der Waals surface area contributed by atoms with E-state index < -0.39 is 0 Å². The van der Waals surface area contributed by atoms with Gasteiger partial charge < -0.3 is 15.0 Å². The molecule has 0 aromatic rings. The van der Waals surface area contributed by atoms with Gasteiger partial charge in [-0.2, -0.15) is 0 Å². The molecule has 2 N–H and O–H groups in total. The maximum atomic E-state index is 5.42. The zero-order valence-electron chi connectivity index (χ0n) is 12.1. The van der Waals surface area contributed by atoms with Crippen molar-refractivity contribution in [3.8, 4) is 0 Å². The van der Waals surface area contributed by atoms with Gasteiger partial charge in [0.25, 0.3) is 0 Å². The summed E-state index contributed by atoms with van der Waals surface area (Å²) in [7, 11) is 0. The van der Waals surface area contributed by atoms with Gasteiger partial charge in [0.15, 0.2) is 18.4 Å². The lowest BCUT2D eigenvalue weighted by molar-refractivity contribution is -0.940. The SMILES string of the molecule is CCOCCCN1C[NH+](C2CCCCC2)CNC1=S. The van der Waals surface area contributed by atoms with E-state index in [1.54, 1.807) is 4.90 Å². The Morgan fingerprint density at radius 3 is 2.89 bits per heavy atom. The standard InChI is InChI=1S/C14H27N3OS/c1-2-18-10-6-9-16-12-17(11-15-14(16)19)13-7-4-3-5-8-13/h13H,2-12H2,1H3,(H,15,19)/p+1.